The molecule has 0 saturated carbocycles. The van der Waals surface area contributed by atoms with Crippen LogP contribution in [-0.4, -0.2) is 14.8 Å². The molecule has 0 aliphatic heterocycles. The molecule has 140 valence electrons. The molecule has 1 aromatic heterocycles. The molecule has 0 aliphatic rings. The molecule has 0 fully saturated rings. The summed E-state index contributed by atoms with van der Waals surface area (Å²) >= 11 is 13.8. The summed E-state index contributed by atoms with van der Waals surface area (Å²) in [7, 11) is 0. The predicted molar refractivity (Wildman–Crippen MR) is 118 cm³/mol. The van der Waals surface area contributed by atoms with Crippen molar-refractivity contribution in [1.29, 1.82) is 0 Å². The molecule has 4 aromatic rings. The number of benzene rings is 3. The average molecular weight is 426 g/mol. The number of nitrogens with zero attached hydrogens (tertiary/aromatic N) is 3. The van der Waals surface area contributed by atoms with E-state index in [9.17, 15) is 0 Å². The molecule has 0 atom stereocenters. The summed E-state index contributed by atoms with van der Waals surface area (Å²) in [4.78, 5) is 0. The Kier molecular flexibility index (Phi) is 5.72. The Hall–Kier alpha value is -2.27. The Bertz CT molecular complexity index is 1110. The van der Waals surface area contributed by atoms with Gasteiger partial charge in [-0.3, -0.25) is 4.57 Å². The van der Waals surface area contributed by atoms with Crippen molar-refractivity contribution in [3.05, 3.63) is 94.0 Å². The summed E-state index contributed by atoms with van der Waals surface area (Å²) in [6.07, 6.45) is 0. The fourth-order valence-electron chi connectivity index (χ4n) is 2.91. The van der Waals surface area contributed by atoms with Gasteiger partial charge in [-0.1, -0.05) is 83.5 Å². The minimum absolute atomic E-state index is 0.560. The lowest BCUT2D eigenvalue weighted by atomic mass is 10.2. The van der Waals surface area contributed by atoms with Crippen LogP contribution in [-0.2, 0) is 5.75 Å². The first-order valence-corrected chi connectivity index (χ1v) is 10.5. The van der Waals surface area contributed by atoms with Gasteiger partial charge >= 0.3 is 0 Å². The number of thioether (sulfide) groups is 1. The third-order valence-corrected chi connectivity index (χ3v) is 6.02. The molecule has 0 unspecified atom stereocenters. The molecule has 0 saturated heterocycles. The standard InChI is InChI=1S/C22H17Cl2N3S/c1-15-6-5-9-18(12-15)27-21(17-7-3-2-4-8-17)25-26-22(27)28-14-16-10-11-19(23)20(24)13-16/h2-13H,14H2,1H3. The molecule has 1 heterocycles. The molecule has 0 aliphatic carbocycles. The van der Waals surface area contributed by atoms with E-state index in [0.717, 1.165) is 33.5 Å². The molecule has 3 nitrogen and oxygen atoms in total. The van der Waals surface area contributed by atoms with Gasteiger partial charge in [-0.15, -0.1) is 10.2 Å². The second-order valence-corrected chi connectivity index (χ2v) is 8.14. The van der Waals surface area contributed by atoms with E-state index in [4.69, 9.17) is 23.2 Å². The van der Waals surface area contributed by atoms with Gasteiger partial charge < -0.3 is 0 Å². The summed E-state index contributed by atoms with van der Waals surface area (Å²) in [6, 6.07) is 24.1. The molecular weight excluding hydrogens is 409 g/mol. The van der Waals surface area contributed by atoms with Gasteiger partial charge in [0.15, 0.2) is 11.0 Å². The molecule has 4 rings (SSSR count). The zero-order chi connectivity index (χ0) is 19.5. The summed E-state index contributed by atoms with van der Waals surface area (Å²) in [5.41, 5.74) is 4.34. The van der Waals surface area contributed by atoms with Gasteiger partial charge in [0.1, 0.15) is 0 Å². The van der Waals surface area contributed by atoms with Gasteiger partial charge in [-0.05, 0) is 42.3 Å². The Balaban J connectivity index is 1.72. The molecule has 28 heavy (non-hydrogen) atoms. The van der Waals surface area contributed by atoms with Crippen LogP contribution in [0.5, 0.6) is 0 Å². The number of aryl methyl sites for hydroxylation is 1. The van der Waals surface area contributed by atoms with E-state index in [1.165, 1.54) is 5.56 Å². The summed E-state index contributed by atoms with van der Waals surface area (Å²) in [6.45, 7) is 2.08. The first-order valence-electron chi connectivity index (χ1n) is 8.76. The van der Waals surface area contributed by atoms with Crippen LogP contribution >= 0.6 is 35.0 Å². The van der Waals surface area contributed by atoms with Crippen LogP contribution in [0.15, 0.2) is 78.0 Å². The number of rotatable bonds is 5. The number of hydrogen-bond acceptors (Lipinski definition) is 3. The number of aromatic nitrogens is 3. The molecule has 0 bridgehead atoms. The molecule has 0 amide bonds. The van der Waals surface area contributed by atoms with Crippen molar-refractivity contribution in [1.82, 2.24) is 14.8 Å². The molecule has 6 heteroatoms. The van der Waals surface area contributed by atoms with Crippen molar-refractivity contribution in [2.24, 2.45) is 0 Å². The van der Waals surface area contributed by atoms with Crippen molar-refractivity contribution in [3.8, 4) is 17.1 Å². The quantitative estimate of drug-likeness (QED) is 0.327. The minimum Gasteiger partial charge on any atom is -0.270 e. The van der Waals surface area contributed by atoms with Crippen molar-refractivity contribution in [2.75, 3.05) is 0 Å². The second kappa shape index (κ2) is 8.39. The van der Waals surface area contributed by atoms with Crippen LogP contribution in [0.3, 0.4) is 0 Å². The fraction of sp³-hybridized carbons (Fsp3) is 0.0909. The molecule has 0 spiro atoms. The van der Waals surface area contributed by atoms with Crippen molar-refractivity contribution in [3.63, 3.8) is 0 Å². The highest BCUT2D eigenvalue weighted by Gasteiger charge is 2.16. The third-order valence-electron chi connectivity index (χ3n) is 4.28. The average Bonchev–Trinajstić information content (AvgIpc) is 3.13. The highest BCUT2D eigenvalue weighted by atomic mass is 35.5. The van der Waals surface area contributed by atoms with E-state index in [0.29, 0.717) is 10.0 Å². The van der Waals surface area contributed by atoms with E-state index >= 15 is 0 Å². The van der Waals surface area contributed by atoms with E-state index in [1.807, 2.05) is 54.6 Å². The minimum atomic E-state index is 0.560. The van der Waals surface area contributed by atoms with Gasteiger partial charge in [0.2, 0.25) is 0 Å². The van der Waals surface area contributed by atoms with Crippen molar-refractivity contribution >= 4 is 35.0 Å². The van der Waals surface area contributed by atoms with Crippen LogP contribution in [0.4, 0.5) is 0 Å². The maximum absolute atomic E-state index is 6.15. The van der Waals surface area contributed by atoms with Gasteiger partial charge in [-0.2, -0.15) is 0 Å². The zero-order valence-electron chi connectivity index (χ0n) is 15.1. The number of halogens is 2. The van der Waals surface area contributed by atoms with Crippen LogP contribution < -0.4 is 0 Å². The lowest BCUT2D eigenvalue weighted by Crippen LogP contribution is -2.00. The fourth-order valence-corrected chi connectivity index (χ4v) is 4.13. The largest absolute Gasteiger partial charge is 0.270 e. The van der Waals surface area contributed by atoms with E-state index in [1.54, 1.807) is 11.8 Å². The SMILES string of the molecule is Cc1cccc(-n2c(SCc3ccc(Cl)c(Cl)c3)nnc2-c2ccccc2)c1. The lowest BCUT2D eigenvalue weighted by molar-refractivity contribution is 0.885. The molecule has 0 radical (unpaired) electrons. The Morgan fingerprint density at radius 1 is 0.857 bits per heavy atom. The Morgan fingerprint density at radius 3 is 2.43 bits per heavy atom. The third kappa shape index (κ3) is 4.09. The summed E-state index contributed by atoms with van der Waals surface area (Å²) < 4.78 is 2.10. The molecular formula is C22H17Cl2N3S. The number of hydrogen-bond donors (Lipinski definition) is 0. The first-order chi connectivity index (χ1) is 13.6. The second-order valence-electron chi connectivity index (χ2n) is 6.38. The van der Waals surface area contributed by atoms with Crippen LogP contribution in [0.25, 0.3) is 17.1 Å². The first kappa shape index (κ1) is 19.1. The van der Waals surface area contributed by atoms with Crippen molar-refractivity contribution < 1.29 is 0 Å². The van der Waals surface area contributed by atoms with Gasteiger partial charge in [0, 0.05) is 17.0 Å². The van der Waals surface area contributed by atoms with E-state index in [-0.39, 0.29) is 0 Å². The van der Waals surface area contributed by atoms with Crippen molar-refractivity contribution in [2.45, 2.75) is 17.8 Å². The Morgan fingerprint density at radius 2 is 1.68 bits per heavy atom. The summed E-state index contributed by atoms with van der Waals surface area (Å²) in [5.74, 6) is 1.54. The maximum Gasteiger partial charge on any atom is 0.196 e. The highest BCUT2D eigenvalue weighted by molar-refractivity contribution is 7.98. The zero-order valence-corrected chi connectivity index (χ0v) is 17.5. The van der Waals surface area contributed by atoms with E-state index < -0.39 is 0 Å². The Labute approximate surface area is 178 Å². The van der Waals surface area contributed by atoms with Crippen LogP contribution in [0.1, 0.15) is 11.1 Å². The predicted octanol–water partition coefficient (Wildman–Crippen LogP) is 6.84. The van der Waals surface area contributed by atoms with Gasteiger partial charge in [-0.25, -0.2) is 0 Å². The topological polar surface area (TPSA) is 30.7 Å². The monoisotopic (exact) mass is 425 g/mol. The van der Waals surface area contributed by atoms with Gasteiger partial charge in [0.05, 0.1) is 10.0 Å². The molecule has 3 aromatic carbocycles. The maximum atomic E-state index is 6.15. The van der Waals surface area contributed by atoms with E-state index in [2.05, 4.69) is 39.9 Å². The molecule has 0 N–H and O–H groups in total. The lowest BCUT2D eigenvalue weighted by Gasteiger charge is -2.11. The van der Waals surface area contributed by atoms with Crippen LogP contribution in [0, 0.1) is 6.92 Å². The van der Waals surface area contributed by atoms with Gasteiger partial charge in [0.25, 0.3) is 0 Å². The normalized spacial score (nSPS) is 11.0. The van der Waals surface area contributed by atoms with Crippen LogP contribution in [0.2, 0.25) is 10.0 Å². The summed E-state index contributed by atoms with van der Waals surface area (Å²) in [5, 5.41) is 10.9. The highest BCUT2D eigenvalue weighted by Crippen LogP contribution is 2.31. The smallest absolute Gasteiger partial charge is 0.196 e.